The summed E-state index contributed by atoms with van der Waals surface area (Å²) in [5.41, 5.74) is 11.4. The number of esters is 1. The number of nitrogens with two attached hydrogens (primary N) is 2. The molecular formula is C35H35F6N7O8. The zero-order valence-corrected chi connectivity index (χ0v) is 29.7. The number of oxime groups is 1. The van der Waals surface area contributed by atoms with E-state index in [2.05, 4.69) is 25.5 Å². The van der Waals surface area contributed by atoms with Crippen molar-refractivity contribution < 1.29 is 60.5 Å². The van der Waals surface area contributed by atoms with Crippen molar-refractivity contribution in [2.75, 3.05) is 18.2 Å². The molecule has 300 valence electrons. The third-order valence-electron chi connectivity index (χ3n) is 7.20. The van der Waals surface area contributed by atoms with Gasteiger partial charge < -0.3 is 41.9 Å². The van der Waals surface area contributed by atoms with Crippen molar-refractivity contribution in [3.05, 3.63) is 105 Å². The number of ether oxygens (including phenoxy) is 1. The highest BCUT2D eigenvalue weighted by molar-refractivity contribution is 5.99. The van der Waals surface area contributed by atoms with Crippen LogP contribution in [-0.2, 0) is 45.0 Å². The van der Waals surface area contributed by atoms with Crippen molar-refractivity contribution in [2.24, 2.45) is 10.9 Å². The van der Waals surface area contributed by atoms with Crippen molar-refractivity contribution in [3.8, 4) is 17.0 Å². The molecule has 0 bridgehead atoms. The second kappa shape index (κ2) is 18.5. The Labute approximate surface area is 313 Å². The zero-order chi connectivity index (χ0) is 42.0. The Morgan fingerprint density at radius 2 is 1.61 bits per heavy atom. The number of carboxylic acids is 1. The molecule has 1 aromatic heterocycles. The van der Waals surface area contributed by atoms with Gasteiger partial charge in [0.1, 0.15) is 18.9 Å². The highest BCUT2D eigenvalue weighted by atomic mass is 19.4. The van der Waals surface area contributed by atoms with Gasteiger partial charge in [0.15, 0.2) is 11.7 Å². The zero-order valence-electron chi connectivity index (χ0n) is 29.7. The molecule has 3 aromatic carbocycles. The lowest BCUT2D eigenvalue weighted by atomic mass is 10.1. The third-order valence-corrected chi connectivity index (χ3v) is 7.20. The second-order valence-corrected chi connectivity index (χ2v) is 11.9. The van der Waals surface area contributed by atoms with Crippen LogP contribution in [0, 0.1) is 0 Å². The van der Waals surface area contributed by atoms with Gasteiger partial charge in [0.2, 0.25) is 5.91 Å². The summed E-state index contributed by atoms with van der Waals surface area (Å²) in [7, 11) is 1.28. The van der Waals surface area contributed by atoms with Crippen LogP contribution in [0.5, 0.6) is 5.75 Å². The molecule has 0 atom stereocenters. The largest absolute Gasteiger partial charge is 0.507 e. The number of anilines is 2. The van der Waals surface area contributed by atoms with Crippen molar-refractivity contribution in [1.82, 2.24) is 14.9 Å². The van der Waals surface area contributed by atoms with E-state index in [4.69, 9.17) is 26.2 Å². The van der Waals surface area contributed by atoms with E-state index < -0.39 is 47.9 Å². The van der Waals surface area contributed by atoms with Gasteiger partial charge in [-0.3, -0.25) is 14.2 Å². The fraction of sp³-hybridized carbons (Fsp3) is 0.257. The van der Waals surface area contributed by atoms with E-state index in [1.54, 1.807) is 44.2 Å². The average molecular weight is 796 g/mol. The molecule has 0 saturated carbocycles. The molecule has 4 rings (SSSR count). The number of amides is 1. The van der Waals surface area contributed by atoms with Gasteiger partial charge in [-0.2, -0.15) is 26.3 Å². The standard InChI is InChI=1S/C33H34F3N7O6.C2HF3O2/c1-18(2)41-30-31(46)43(26(15-40-30)22-11-23(33(34,35)36)13-24(37)12-22)16-28(45)39-14-20-6-9-25(27(44)10-20)29(38)42-49-17-19-4-7-21(8-5-19)32(47)48-3;3-2(4,5)1(6)7/h4-13,15,18,44H,14,16-17,37H2,1-3H3,(H2,38,42)(H,39,45)(H,40,41);(H,6,7). The van der Waals surface area contributed by atoms with E-state index in [1.807, 2.05) is 0 Å². The summed E-state index contributed by atoms with van der Waals surface area (Å²) in [5.74, 6) is -4.34. The fourth-order valence-corrected chi connectivity index (χ4v) is 4.60. The highest BCUT2D eigenvalue weighted by Crippen LogP contribution is 2.34. The summed E-state index contributed by atoms with van der Waals surface area (Å²) < 4.78 is 78.0. The number of carbonyl (C=O) groups is 3. The van der Waals surface area contributed by atoms with Gasteiger partial charge in [0.25, 0.3) is 5.56 Å². The first-order valence-corrected chi connectivity index (χ1v) is 16.0. The maximum atomic E-state index is 13.5. The van der Waals surface area contributed by atoms with Gasteiger partial charge in [-0.25, -0.2) is 14.6 Å². The molecule has 1 heterocycles. The summed E-state index contributed by atoms with van der Waals surface area (Å²) >= 11 is 0. The van der Waals surface area contributed by atoms with E-state index in [1.165, 1.54) is 31.5 Å². The van der Waals surface area contributed by atoms with Gasteiger partial charge in [-0.1, -0.05) is 23.4 Å². The van der Waals surface area contributed by atoms with Crippen LogP contribution < -0.4 is 27.7 Å². The van der Waals surface area contributed by atoms with Crippen LogP contribution in [0.15, 0.2) is 76.8 Å². The Hall–Kier alpha value is -6.80. The number of nitrogens with one attached hydrogen (secondary N) is 2. The van der Waals surface area contributed by atoms with Gasteiger partial charge in [-0.15, -0.1) is 0 Å². The number of rotatable bonds is 12. The number of carboxylic acid groups (broad SMARTS) is 1. The van der Waals surface area contributed by atoms with E-state index in [0.29, 0.717) is 16.7 Å². The first kappa shape index (κ1) is 43.6. The van der Waals surface area contributed by atoms with Crippen LogP contribution in [0.1, 0.15) is 46.5 Å². The minimum Gasteiger partial charge on any atom is -0.507 e. The van der Waals surface area contributed by atoms with E-state index in [0.717, 1.165) is 16.7 Å². The molecule has 0 spiro atoms. The molecule has 0 aliphatic rings. The molecule has 56 heavy (non-hydrogen) atoms. The van der Waals surface area contributed by atoms with Crippen LogP contribution in [0.3, 0.4) is 0 Å². The van der Waals surface area contributed by atoms with Crippen LogP contribution in [0.25, 0.3) is 11.3 Å². The van der Waals surface area contributed by atoms with Crippen LogP contribution in [0.4, 0.5) is 37.8 Å². The molecule has 0 saturated heterocycles. The number of halogens is 6. The lowest BCUT2D eigenvalue weighted by Gasteiger charge is -2.17. The first-order valence-electron chi connectivity index (χ1n) is 16.0. The number of hydrogen-bond donors (Lipinski definition) is 6. The lowest BCUT2D eigenvalue weighted by Crippen LogP contribution is -2.35. The maximum absolute atomic E-state index is 13.5. The van der Waals surface area contributed by atoms with Crippen molar-refractivity contribution in [1.29, 1.82) is 0 Å². The van der Waals surface area contributed by atoms with Gasteiger partial charge >= 0.3 is 24.3 Å². The molecule has 0 unspecified atom stereocenters. The number of aromatic nitrogens is 2. The van der Waals surface area contributed by atoms with Gasteiger partial charge in [0, 0.05) is 23.8 Å². The topological polar surface area (TPSA) is 233 Å². The number of benzene rings is 3. The van der Waals surface area contributed by atoms with Gasteiger partial charge in [-0.05, 0) is 67.4 Å². The summed E-state index contributed by atoms with van der Waals surface area (Å²) in [6.07, 6.45) is -8.59. The van der Waals surface area contributed by atoms with Gasteiger partial charge in [0.05, 0.1) is 35.7 Å². The number of carbonyl (C=O) groups excluding carboxylic acids is 2. The SMILES string of the molecule is COC(=O)c1ccc(CO/N=C(\N)c2ccc(CNC(=O)Cn3c(-c4cc(N)cc(C(F)(F)F)c4)cnc(NC(C)C)c3=O)cc2O)cc1.O=C(O)C(F)(F)F. The van der Waals surface area contributed by atoms with E-state index >= 15 is 0 Å². The van der Waals surface area contributed by atoms with E-state index in [9.17, 15) is 45.8 Å². The molecule has 0 aliphatic carbocycles. The van der Waals surface area contributed by atoms with Crippen molar-refractivity contribution in [2.45, 2.75) is 51.9 Å². The molecule has 0 aliphatic heterocycles. The van der Waals surface area contributed by atoms with Crippen LogP contribution in [-0.4, -0.2) is 62.8 Å². The normalized spacial score (nSPS) is 11.6. The third kappa shape index (κ3) is 12.4. The monoisotopic (exact) mass is 795 g/mol. The highest BCUT2D eigenvalue weighted by Gasteiger charge is 2.38. The maximum Gasteiger partial charge on any atom is 0.490 e. The molecule has 0 fully saturated rings. The Bertz CT molecular complexity index is 2140. The molecule has 1 amide bonds. The average Bonchev–Trinajstić information content (AvgIpc) is 3.11. The quantitative estimate of drug-likeness (QED) is 0.0288. The second-order valence-electron chi connectivity index (χ2n) is 11.9. The molecule has 8 N–H and O–H groups in total. The number of nitrogens with zero attached hydrogens (tertiary/aromatic N) is 3. The number of nitrogen functional groups attached to an aromatic ring is 1. The Morgan fingerprint density at radius 1 is 0.982 bits per heavy atom. The number of aromatic hydroxyl groups is 1. The minimum atomic E-state index is -5.08. The van der Waals surface area contributed by atoms with E-state index in [-0.39, 0.29) is 59.1 Å². The predicted molar refractivity (Wildman–Crippen MR) is 189 cm³/mol. The summed E-state index contributed by atoms with van der Waals surface area (Å²) in [6, 6.07) is 13.5. The number of alkyl halides is 6. The van der Waals surface area contributed by atoms with Crippen molar-refractivity contribution in [3.63, 3.8) is 0 Å². The number of phenols is 1. The molecule has 4 aromatic rings. The Morgan fingerprint density at radius 3 is 2.16 bits per heavy atom. The Balaban J connectivity index is 0.00000109. The molecular weight excluding hydrogens is 760 g/mol. The number of methoxy groups -OCH3 is 1. The summed E-state index contributed by atoms with van der Waals surface area (Å²) in [5, 5.41) is 27.0. The van der Waals surface area contributed by atoms with Crippen LogP contribution >= 0.6 is 0 Å². The van der Waals surface area contributed by atoms with Crippen molar-refractivity contribution >= 4 is 35.2 Å². The minimum absolute atomic E-state index is 0.0332. The van der Waals surface area contributed by atoms with Crippen LogP contribution in [0.2, 0.25) is 0 Å². The first-order chi connectivity index (χ1) is 26.1. The number of aliphatic carboxylic acids is 1. The predicted octanol–water partition coefficient (Wildman–Crippen LogP) is 4.61. The number of hydrogen-bond acceptors (Lipinski definition) is 11. The fourth-order valence-electron chi connectivity index (χ4n) is 4.60. The molecule has 15 nitrogen and oxygen atoms in total. The number of amidine groups is 1. The molecule has 21 heteroatoms. The number of phenolic OH excluding ortho intramolecular Hbond substituents is 1. The lowest BCUT2D eigenvalue weighted by molar-refractivity contribution is -0.192. The Kier molecular flexibility index (Phi) is 14.4. The smallest absolute Gasteiger partial charge is 0.490 e. The summed E-state index contributed by atoms with van der Waals surface area (Å²) in [6.45, 7) is 2.92. The molecule has 0 radical (unpaired) electrons. The summed E-state index contributed by atoms with van der Waals surface area (Å²) in [4.78, 5) is 56.2.